The van der Waals surface area contributed by atoms with E-state index in [2.05, 4.69) is 32.2 Å². The standard InChI is InChI=1S/C14H28N2O2S/c1-12(2)6-5-7-13(3)15-10-14-8-9-16(11-14)19(4,17)18/h6,13-15H,5,7-11H2,1-4H3/t13-,14+/m0/s1. The first-order valence-corrected chi connectivity index (χ1v) is 8.95. The van der Waals surface area contributed by atoms with Crippen LogP contribution in [-0.4, -0.2) is 44.7 Å². The Balaban J connectivity index is 2.22. The first-order valence-electron chi connectivity index (χ1n) is 7.11. The van der Waals surface area contributed by atoms with Crippen molar-refractivity contribution >= 4 is 10.0 Å². The first kappa shape index (κ1) is 16.7. The van der Waals surface area contributed by atoms with Gasteiger partial charge in [0.15, 0.2) is 0 Å². The van der Waals surface area contributed by atoms with E-state index < -0.39 is 10.0 Å². The molecule has 19 heavy (non-hydrogen) atoms. The van der Waals surface area contributed by atoms with E-state index in [-0.39, 0.29) is 0 Å². The van der Waals surface area contributed by atoms with Crippen LogP contribution < -0.4 is 5.32 Å². The molecule has 0 aromatic rings. The summed E-state index contributed by atoms with van der Waals surface area (Å²) in [7, 11) is -3.00. The fourth-order valence-electron chi connectivity index (χ4n) is 2.36. The summed E-state index contributed by atoms with van der Waals surface area (Å²) in [6.45, 7) is 8.71. The molecule has 1 heterocycles. The van der Waals surface area contributed by atoms with Gasteiger partial charge in [0.25, 0.3) is 0 Å². The van der Waals surface area contributed by atoms with Gasteiger partial charge in [-0.15, -0.1) is 0 Å². The van der Waals surface area contributed by atoms with Crippen LogP contribution in [0.15, 0.2) is 11.6 Å². The molecule has 112 valence electrons. The molecule has 0 aliphatic carbocycles. The second-order valence-electron chi connectivity index (χ2n) is 5.94. The van der Waals surface area contributed by atoms with Crippen molar-refractivity contribution in [2.24, 2.45) is 5.92 Å². The number of hydrogen-bond donors (Lipinski definition) is 1. The molecule has 1 fully saturated rings. The normalized spacial score (nSPS) is 22.4. The summed E-state index contributed by atoms with van der Waals surface area (Å²) in [4.78, 5) is 0. The number of nitrogens with one attached hydrogen (secondary N) is 1. The Kier molecular flexibility index (Phi) is 6.50. The molecular weight excluding hydrogens is 260 g/mol. The fourth-order valence-corrected chi connectivity index (χ4v) is 3.28. The summed E-state index contributed by atoms with van der Waals surface area (Å²) < 4.78 is 24.4. The second-order valence-corrected chi connectivity index (χ2v) is 7.93. The number of allylic oxidation sites excluding steroid dienone is 2. The van der Waals surface area contributed by atoms with Crippen molar-refractivity contribution < 1.29 is 8.42 Å². The minimum Gasteiger partial charge on any atom is -0.314 e. The lowest BCUT2D eigenvalue weighted by atomic mass is 10.1. The van der Waals surface area contributed by atoms with E-state index in [1.807, 2.05) is 0 Å². The van der Waals surface area contributed by atoms with Crippen LogP contribution in [0.4, 0.5) is 0 Å². The Morgan fingerprint density at radius 3 is 2.68 bits per heavy atom. The van der Waals surface area contributed by atoms with Crippen LogP contribution in [0.2, 0.25) is 0 Å². The van der Waals surface area contributed by atoms with Crippen LogP contribution in [0, 0.1) is 5.92 Å². The maximum absolute atomic E-state index is 11.4. The van der Waals surface area contributed by atoms with Gasteiger partial charge in [-0.3, -0.25) is 0 Å². The summed E-state index contributed by atoms with van der Waals surface area (Å²) in [5.74, 6) is 0.459. The molecule has 0 aromatic carbocycles. The maximum Gasteiger partial charge on any atom is 0.211 e. The van der Waals surface area contributed by atoms with Gasteiger partial charge >= 0.3 is 0 Å². The SMILES string of the molecule is CC(C)=CCC[C@H](C)NC[C@H]1CCN(S(C)(=O)=O)C1. The zero-order valence-corrected chi connectivity index (χ0v) is 13.5. The molecule has 1 aliphatic heterocycles. The third-order valence-corrected chi connectivity index (χ3v) is 4.89. The quantitative estimate of drug-likeness (QED) is 0.729. The van der Waals surface area contributed by atoms with E-state index in [4.69, 9.17) is 0 Å². The highest BCUT2D eigenvalue weighted by Crippen LogP contribution is 2.18. The third kappa shape index (κ3) is 6.54. The average Bonchev–Trinajstić information content (AvgIpc) is 2.74. The summed E-state index contributed by atoms with van der Waals surface area (Å²) in [5, 5.41) is 3.52. The van der Waals surface area contributed by atoms with Crippen LogP contribution in [-0.2, 0) is 10.0 Å². The van der Waals surface area contributed by atoms with Gasteiger partial charge in [0, 0.05) is 19.1 Å². The van der Waals surface area contributed by atoms with Crippen LogP contribution >= 0.6 is 0 Å². The van der Waals surface area contributed by atoms with Gasteiger partial charge in [-0.2, -0.15) is 0 Å². The molecule has 1 rings (SSSR count). The summed E-state index contributed by atoms with van der Waals surface area (Å²) in [6, 6.07) is 0.489. The lowest BCUT2D eigenvalue weighted by Crippen LogP contribution is -2.33. The predicted molar refractivity (Wildman–Crippen MR) is 80.7 cm³/mol. The van der Waals surface area contributed by atoms with Crippen molar-refractivity contribution in [3.8, 4) is 0 Å². The molecule has 0 amide bonds. The highest BCUT2D eigenvalue weighted by atomic mass is 32.2. The van der Waals surface area contributed by atoms with Gasteiger partial charge in [0.1, 0.15) is 0 Å². The molecule has 0 spiro atoms. The summed E-state index contributed by atoms with van der Waals surface area (Å²) in [5.41, 5.74) is 1.37. The molecule has 0 unspecified atom stereocenters. The average molecular weight is 288 g/mol. The molecule has 2 atom stereocenters. The zero-order valence-electron chi connectivity index (χ0n) is 12.6. The largest absolute Gasteiger partial charge is 0.314 e. The predicted octanol–water partition coefficient (Wildman–Crippen LogP) is 1.99. The Morgan fingerprint density at radius 2 is 2.16 bits per heavy atom. The topological polar surface area (TPSA) is 49.4 Å². The Hall–Kier alpha value is -0.390. The highest BCUT2D eigenvalue weighted by Gasteiger charge is 2.28. The molecule has 0 radical (unpaired) electrons. The molecule has 0 bridgehead atoms. The molecule has 0 aromatic heterocycles. The van der Waals surface area contributed by atoms with Gasteiger partial charge < -0.3 is 5.32 Å². The fraction of sp³-hybridized carbons (Fsp3) is 0.857. The lowest BCUT2D eigenvalue weighted by Gasteiger charge is -2.17. The van der Waals surface area contributed by atoms with E-state index in [1.165, 1.54) is 11.8 Å². The van der Waals surface area contributed by atoms with Crippen molar-refractivity contribution in [1.29, 1.82) is 0 Å². The molecule has 1 aliphatic rings. The number of nitrogens with zero attached hydrogens (tertiary/aromatic N) is 1. The summed E-state index contributed by atoms with van der Waals surface area (Å²) in [6.07, 6.45) is 6.77. The molecule has 1 saturated heterocycles. The van der Waals surface area contributed by atoms with Crippen molar-refractivity contribution in [2.45, 2.75) is 46.1 Å². The second kappa shape index (κ2) is 7.41. The summed E-state index contributed by atoms with van der Waals surface area (Å²) >= 11 is 0. The minimum atomic E-state index is -3.00. The Labute approximate surface area is 118 Å². The molecule has 5 heteroatoms. The maximum atomic E-state index is 11.4. The lowest BCUT2D eigenvalue weighted by molar-refractivity contribution is 0.421. The first-order chi connectivity index (χ1) is 8.79. The van der Waals surface area contributed by atoms with Crippen LogP contribution in [0.25, 0.3) is 0 Å². The molecular formula is C14H28N2O2S. The molecule has 0 saturated carbocycles. The molecule has 1 N–H and O–H groups in total. The number of sulfonamides is 1. The Morgan fingerprint density at radius 1 is 1.47 bits per heavy atom. The van der Waals surface area contributed by atoms with Crippen molar-refractivity contribution in [3.05, 3.63) is 11.6 Å². The minimum absolute atomic E-state index is 0.459. The van der Waals surface area contributed by atoms with Gasteiger partial charge in [-0.1, -0.05) is 11.6 Å². The zero-order chi connectivity index (χ0) is 14.5. The smallest absolute Gasteiger partial charge is 0.211 e. The van der Waals surface area contributed by atoms with E-state index in [1.54, 1.807) is 4.31 Å². The van der Waals surface area contributed by atoms with Crippen LogP contribution in [0.5, 0.6) is 0 Å². The van der Waals surface area contributed by atoms with Crippen molar-refractivity contribution in [3.63, 3.8) is 0 Å². The van der Waals surface area contributed by atoms with Crippen LogP contribution in [0.1, 0.15) is 40.0 Å². The monoisotopic (exact) mass is 288 g/mol. The van der Waals surface area contributed by atoms with Gasteiger partial charge in [0.2, 0.25) is 10.0 Å². The van der Waals surface area contributed by atoms with E-state index in [0.717, 1.165) is 25.8 Å². The Bertz CT molecular complexity index is 400. The van der Waals surface area contributed by atoms with Gasteiger partial charge in [-0.05, 0) is 52.5 Å². The highest BCUT2D eigenvalue weighted by molar-refractivity contribution is 7.88. The number of rotatable bonds is 7. The third-order valence-electron chi connectivity index (χ3n) is 3.62. The van der Waals surface area contributed by atoms with Gasteiger partial charge in [0.05, 0.1) is 6.26 Å². The molecule has 4 nitrogen and oxygen atoms in total. The van der Waals surface area contributed by atoms with Crippen molar-refractivity contribution in [1.82, 2.24) is 9.62 Å². The van der Waals surface area contributed by atoms with Crippen molar-refractivity contribution in [2.75, 3.05) is 25.9 Å². The van der Waals surface area contributed by atoms with E-state index >= 15 is 0 Å². The van der Waals surface area contributed by atoms with Crippen LogP contribution in [0.3, 0.4) is 0 Å². The van der Waals surface area contributed by atoms with Gasteiger partial charge in [-0.25, -0.2) is 12.7 Å². The van der Waals surface area contributed by atoms with E-state index in [0.29, 0.717) is 25.0 Å². The van der Waals surface area contributed by atoms with E-state index in [9.17, 15) is 8.42 Å². The number of hydrogen-bond acceptors (Lipinski definition) is 3.